The lowest BCUT2D eigenvalue weighted by atomic mass is 9.69. The third kappa shape index (κ3) is 3.77. The first kappa shape index (κ1) is 29.8. The molecule has 238 valence electrons. The first-order valence-electron chi connectivity index (χ1n) is 17.1. The van der Waals surface area contributed by atoms with Gasteiger partial charge in [-0.25, -0.2) is 0 Å². The zero-order valence-electron chi connectivity index (χ0n) is 28.1. The van der Waals surface area contributed by atoms with Crippen molar-refractivity contribution in [2.45, 2.75) is 39.5 Å². The van der Waals surface area contributed by atoms with Gasteiger partial charge < -0.3 is 19.0 Å². The first-order chi connectivity index (χ1) is 23.9. The van der Waals surface area contributed by atoms with Gasteiger partial charge in [-0.15, -0.1) is 0 Å². The van der Waals surface area contributed by atoms with Gasteiger partial charge in [0.1, 0.15) is 5.58 Å². The predicted molar refractivity (Wildman–Crippen MR) is 203 cm³/mol. The summed E-state index contributed by atoms with van der Waals surface area (Å²) in [4.78, 5) is 0. The standard InChI is InChI=1S/C44H36BNO3/c1-5-7-19-34-26(3)40-37(44(34)35-20-11-8-15-29(35)30-16-9-12-21-36(30)44)25-24-32-31-17-10-13-23-39(31)46(41(32)40)27(4)42-28(6-2)33-18-14-22-38(45(47)48)43(33)49-42/h6-25,47-48H,5H2,1-4H3/b19-7-,28-6-,42-27-. The number of allylic oxidation sites excluding steroid dienone is 4. The van der Waals surface area contributed by atoms with E-state index >= 15 is 0 Å². The molecule has 0 fully saturated rings. The molecule has 0 atom stereocenters. The summed E-state index contributed by atoms with van der Waals surface area (Å²) in [6.07, 6.45) is 7.67. The molecule has 4 nitrogen and oxygen atoms in total. The van der Waals surface area contributed by atoms with Crippen molar-refractivity contribution >= 4 is 62.7 Å². The van der Waals surface area contributed by atoms with E-state index in [-0.39, 0.29) is 0 Å². The van der Waals surface area contributed by atoms with E-state index in [1.807, 2.05) is 19.1 Å². The second-order valence-electron chi connectivity index (χ2n) is 13.2. The molecule has 2 aliphatic carbocycles. The third-order valence-electron chi connectivity index (χ3n) is 10.9. The van der Waals surface area contributed by atoms with Crippen LogP contribution in [0.2, 0.25) is 0 Å². The van der Waals surface area contributed by atoms with E-state index in [1.165, 1.54) is 55.3 Å². The average Bonchev–Trinajstić information content (AvgIpc) is 3.83. The second-order valence-corrected chi connectivity index (χ2v) is 13.2. The Kier molecular flexibility index (Phi) is 6.58. The van der Waals surface area contributed by atoms with Crippen LogP contribution in [0.25, 0.3) is 61.2 Å². The van der Waals surface area contributed by atoms with Crippen molar-refractivity contribution in [3.63, 3.8) is 0 Å². The van der Waals surface area contributed by atoms with Gasteiger partial charge in [0.2, 0.25) is 0 Å². The molecule has 0 bridgehead atoms. The highest BCUT2D eigenvalue weighted by atomic mass is 16.4. The smallest absolute Gasteiger partial charge is 0.455 e. The van der Waals surface area contributed by atoms with Gasteiger partial charge in [0.05, 0.1) is 22.1 Å². The van der Waals surface area contributed by atoms with Gasteiger partial charge in [0.15, 0.2) is 5.42 Å². The number of rotatable bonds is 4. The fraction of sp³-hybridized carbons (Fsp3) is 0.136. The lowest BCUT2D eigenvalue weighted by Crippen LogP contribution is -2.30. The lowest BCUT2D eigenvalue weighted by molar-refractivity contribution is 0.425. The molecule has 0 amide bonds. The van der Waals surface area contributed by atoms with Gasteiger partial charge in [-0.05, 0) is 72.2 Å². The number of hydrogen-bond acceptors (Lipinski definition) is 3. The molecule has 49 heavy (non-hydrogen) atoms. The quantitative estimate of drug-likeness (QED) is 0.194. The minimum Gasteiger partial charge on any atom is -0.455 e. The second kappa shape index (κ2) is 10.8. The molecule has 0 saturated heterocycles. The van der Waals surface area contributed by atoms with Crippen LogP contribution >= 0.6 is 0 Å². The molecule has 5 aromatic carbocycles. The number of para-hydroxylation sites is 2. The van der Waals surface area contributed by atoms with Crippen LogP contribution in [0.15, 0.2) is 125 Å². The zero-order valence-corrected chi connectivity index (χ0v) is 28.1. The molecule has 0 unspecified atom stereocenters. The fourth-order valence-electron chi connectivity index (χ4n) is 8.98. The Hall–Kier alpha value is -5.36. The molecule has 2 aromatic heterocycles. The summed E-state index contributed by atoms with van der Waals surface area (Å²) in [5, 5.41) is 24.6. The van der Waals surface area contributed by atoms with E-state index in [9.17, 15) is 10.0 Å². The van der Waals surface area contributed by atoms with Gasteiger partial charge in [-0.1, -0.05) is 122 Å². The summed E-state index contributed by atoms with van der Waals surface area (Å²) in [6.45, 7) is 8.62. The maximum absolute atomic E-state index is 10.2. The Bertz CT molecular complexity index is 2680. The maximum atomic E-state index is 10.2. The molecule has 0 saturated carbocycles. The van der Waals surface area contributed by atoms with Crippen LogP contribution in [0.5, 0.6) is 0 Å². The third-order valence-corrected chi connectivity index (χ3v) is 10.9. The minimum atomic E-state index is -1.64. The lowest BCUT2D eigenvalue weighted by Gasteiger charge is -2.31. The molecule has 5 heteroatoms. The highest BCUT2D eigenvalue weighted by molar-refractivity contribution is 6.61. The van der Waals surface area contributed by atoms with Crippen molar-refractivity contribution in [1.29, 1.82) is 0 Å². The van der Waals surface area contributed by atoms with Crippen LogP contribution in [-0.2, 0) is 5.41 Å². The monoisotopic (exact) mass is 637 g/mol. The zero-order chi connectivity index (χ0) is 33.6. The average molecular weight is 638 g/mol. The van der Waals surface area contributed by atoms with Crippen LogP contribution in [0.4, 0.5) is 0 Å². The van der Waals surface area contributed by atoms with E-state index in [1.54, 1.807) is 6.07 Å². The molecule has 2 heterocycles. The van der Waals surface area contributed by atoms with E-state index in [4.69, 9.17) is 4.42 Å². The highest BCUT2D eigenvalue weighted by Gasteiger charge is 2.52. The summed E-state index contributed by atoms with van der Waals surface area (Å²) >= 11 is 0. The van der Waals surface area contributed by atoms with Gasteiger partial charge in [-0.2, -0.15) is 0 Å². The molecule has 0 aliphatic heterocycles. The Morgan fingerprint density at radius 1 is 0.796 bits per heavy atom. The van der Waals surface area contributed by atoms with Crippen LogP contribution in [0.1, 0.15) is 56.4 Å². The fourth-order valence-corrected chi connectivity index (χ4v) is 8.98. The number of furan rings is 1. The molecule has 0 radical (unpaired) electrons. The summed E-state index contributed by atoms with van der Waals surface area (Å²) in [6, 6.07) is 36.7. The van der Waals surface area contributed by atoms with Crippen LogP contribution in [-0.4, -0.2) is 21.7 Å². The Morgan fingerprint density at radius 3 is 2.16 bits per heavy atom. The normalized spacial score (nSPS) is 15.7. The molecule has 1 spiro atoms. The topological polar surface area (TPSA) is 58.5 Å². The Labute approximate surface area is 285 Å². The maximum Gasteiger partial charge on any atom is 0.492 e. The summed E-state index contributed by atoms with van der Waals surface area (Å²) in [5.74, 6) is 0. The van der Waals surface area contributed by atoms with Crippen molar-refractivity contribution in [2.75, 3.05) is 0 Å². The highest BCUT2D eigenvalue weighted by Crippen LogP contribution is 2.63. The predicted octanol–water partition coefficient (Wildman–Crippen LogP) is 7.77. The van der Waals surface area contributed by atoms with Crippen LogP contribution in [0, 0.1) is 0 Å². The van der Waals surface area contributed by atoms with Crippen molar-refractivity contribution in [3.05, 3.63) is 154 Å². The summed E-state index contributed by atoms with van der Waals surface area (Å²) < 4.78 is 9.02. The summed E-state index contributed by atoms with van der Waals surface area (Å²) in [5.41, 5.74) is 14.6. The Balaban J connectivity index is 1.49. The van der Waals surface area contributed by atoms with Gasteiger partial charge in [0.25, 0.3) is 0 Å². The number of hydrogen-bond donors (Lipinski definition) is 2. The molecule has 9 rings (SSSR count). The number of nitrogens with zero attached hydrogens (tertiary/aromatic N) is 1. The largest absolute Gasteiger partial charge is 0.492 e. The van der Waals surface area contributed by atoms with Gasteiger partial charge in [-0.3, -0.25) is 0 Å². The molecule has 2 aliphatic rings. The van der Waals surface area contributed by atoms with E-state index < -0.39 is 12.5 Å². The SMILES string of the molecule is C/C=c1\c(=C(/C)n2c3ccccc3c3ccc4c(c32)C(C)=C(/C=C\CC)C42c3ccccc3-c3ccccc32)oc2c(B(O)O)cccc12. The van der Waals surface area contributed by atoms with Crippen molar-refractivity contribution in [1.82, 2.24) is 4.57 Å². The summed E-state index contributed by atoms with van der Waals surface area (Å²) in [7, 11) is -1.64. The van der Waals surface area contributed by atoms with Crippen LogP contribution < -0.4 is 16.1 Å². The molecule has 2 N–H and O–H groups in total. The minimum absolute atomic E-state index is 0.356. The Morgan fingerprint density at radius 2 is 1.47 bits per heavy atom. The van der Waals surface area contributed by atoms with Crippen molar-refractivity contribution in [2.24, 2.45) is 0 Å². The van der Waals surface area contributed by atoms with Gasteiger partial charge >= 0.3 is 7.12 Å². The van der Waals surface area contributed by atoms with E-state index in [0.29, 0.717) is 16.5 Å². The van der Waals surface area contributed by atoms with Crippen molar-refractivity contribution < 1.29 is 14.5 Å². The van der Waals surface area contributed by atoms with E-state index in [2.05, 4.69) is 128 Å². The number of benzene rings is 5. The van der Waals surface area contributed by atoms with Crippen LogP contribution in [0.3, 0.4) is 0 Å². The van der Waals surface area contributed by atoms with Gasteiger partial charge in [0, 0.05) is 32.4 Å². The molecule has 7 aromatic rings. The van der Waals surface area contributed by atoms with E-state index in [0.717, 1.165) is 33.8 Å². The van der Waals surface area contributed by atoms with Crippen molar-refractivity contribution in [3.8, 4) is 11.1 Å². The number of fused-ring (bicyclic) bond motifs is 12. The molecular weight excluding hydrogens is 601 g/mol. The number of aromatic nitrogens is 1. The molecular formula is C44H36BNO3. The first-order valence-corrected chi connectivity index (χ1v) is 17.1.